The predicted octanol–water partition coefficient (Wildman–Crippen LogP) is 3.42. The first-order chi connectivity index (χ1) is 7.84. The van der Waals surface area contributed by atoms with Crippen molar-refractivity contribution in [1.82, 2.24) is 0 Å². The summed E-state index contributed by atoms with van der Waals surface area (Å²) in [6.07, 6.45) is 8.03. The summed E-state index contributed by atoms with van der Waals surface area (Å²) in [6.45, 7) is 0. The second kappa shape index (κ2) is 3.72. The minimum Gasteiger partial charge on any atom is -0.289 e. The van der Waals surface area contributed by atoms with Gasteiger partial charge < -0.3 is 0 Å². The van der Waals surface area contributed by atoms with Crippen molar-refractivity contribution in [2.24, 2.45) is 0 Å². The predicted molar refractivity (Wildman–Crippen MR) is 69.5 cm³/mol. The van der Waals surface area contributed by atoms with Gasteiger partial charge >= 0.3 is 0 Å². The molecule has 1 radical (unpaired) electrons. The maximum absolute atomic E-state index is 11.9. The third-order valence-corrected chi connectivity index (χ3v) is 3.73. The molecule has 16 heavy (non-hydrogen) atoms. The highest BCUT2D eigenvalue weighted by molar-refractivity contribution is 7.19. The molecular weight excluding hydrogens is 216 g/mol. The Hall–Kier alpha value is -1.67. The van der Waals surface area contributed by atoms with Crippen LogP contribution in [0.5, 0.6) is 0 Å². The molecule has 0 atom stereocenters. The molecule has 1 aliphatic carbocycles. The van der Waals surface area contributed by atoms with Crippen LogP contribution in [0.1, 0.15) is 4.88 Å². The van der Waals surface area contributed by atoms with Crippen LogP contribution >= 0.6 is 11.3 Å². The van der Waals surface area contributed by atoms with Gasteiger partial charge in [0.15, 0.2) is 5.43 Å². The largest absolute Gasteiger partial charge is 0.289 e. The number of allylic oxidation sites excluding steroid dienone is 4. The van der Waals surface area contributed by atoms with Crippen LogP contribution in [0.3, 0.4) is 0 Å². The molecule has 2 aromatic rings. The van der Waals surface area contributed by atoms with Crippen LogP contribution in [0.2, 0.25) is 0 Å². The first-order valence-electron chi connectivity index (χ1n) is 5.09. The highest BCUT2D eigenvalue weighted by atomic mass is 32.1. The Bertz CT molecular complexity index is 662. The smallest absolute Gasteiger partial charge is 0.188 e. The molecule has 0 N–H and O–H groups in total. The van der Waals surface area contributed by atoms with Crippen LogP contribution in [0.25, 0.3) is 15.7 Å². The molecule has 1 nitrogen and oxygen atoms in total. The Morgan fingerprint density at radius 2 is 2.00 bits per heavy atom. The summed E-state index contributed by atoms with van der Waals surface area (Å²) in [7, 11) is 0. The molecule has 0 bridgehead atoms. The van der Waals surface area contributed by atoms with Gasteiger partial charge in [-0.15, -0.1) is 11.3 Å². The Morgan fingerprint density at radius 1 is 1.12 bits per heavy atom. The fourth-order valence-electron chi connectivity index (χ4n) is 1.78. The number of fused-ring (bicyclic) bond motifs is 1. The van der Waals surface area contributed by atoms with Gasteiger partial charge in [-0.3, -0.25) is 4.79 Å². The summed E-state index contributed by atoms with van der Waals surface area (Å²) in [4.78, 5) is 12.9. The Morgan fingerprint density at radius 3 is 2.81 bits per heavy atom. The highest BCUT2D eigenvalue weighted by Gasteiger charge is 2.06. The van der Waals surface area contributed by atoms with Crippen molar-refractivity contribution in [3.8, 4) is 0 Å². The zero-order valence-electron chi connectivity index (χ0n) is 8.51. The molecule has 0 unspecified atom stereocenters. The van der Waals surface area contributed by atoms with Crippen molar-refractivity contribution in [2.45, 2.75) is 0 Å². The van der Waals surface area contributed by atoms with Crippen LogP contribution in [0.15, 0.2) is 53.4 Å². The van der Waals surface area contributed by atoms with Crippen molar-refractivity contribution < 1.29 is 0 Å². The number of hydrogen-bond acceptors (Lipinski definition) is 2. The molecule has 1 heterocycles. The first kappa shape index (κ1) is 9.55. The molecule has 3 rings (SSSR count). The molecule has 77 valence electrons. The topological polar surface area (TPSA) is 17.1 Å². The van der Waals surface area contributed by atoms with Crippen molar-refractivity contribution >= 4 is 27.0 Å². The summed E-state index contributed by atoms with van der Waals surface area (Å²) < 4.78 is 1.05. The lowest BCUT2D eigenvalue weighted by atomic mass is 10.2. The van der Waals surface area contributed by atoms with Gasteiger partial charge in [0.05, 0.1) is 0 Å². The molecule has 0 aliphatic heterocycles. The lowest BCUT2D eigenvalue weighted by molar-refractivity contribution is 1.69. The van der Waals surface area contributed by atoms with Gasteiger partial charge in [-0.05, 0) is 17.7 Å². The summed E-state index contributed by atoms with van der Waals surface area (Å²) >= 11 is 1.66. The van der Waals surface area contributed by atoms with E-state index in [4.69, 9.17) is 0 Å². The van der Waals surface area contributed by atoms with E-state index in [0.29, 0.717) is 0 Å². The first-order valence-corrected chi connectivity index (χ1v) is 5.91. The van der Waals surface area contributed by atoms with E-state index < -0.39 is 0 Å². The third kappa shape index (κ3) is 1.51. The zero-order chi connectivity index (χ0) is 11.0. The van der Waals surface area contributed by atoms with Gasteiger partial charge in [0, 0.05) is 27.5 Å². The second-order valence-corrected chi connectivity index (χ2v) is 4.73. The minimum absolute atomic E-state index is 0.102. The van der Waals surface area contributed by atoms with Gasteiger partial charge in [0.2, 0.25) is 0 Å². The van der Waals surface area contributed by atoms with E-state index in [1.54, 1.807) is 17.4 Å². The van der Waals surface area contributed by atoms with E-state index in [-0.39, 0.29) is 5.43 Å². The van der Waals surface area contributed by atoms with Gasteiger partial charge in [-0.25, -0.2) is 0 Å². The van der Waals surface area contributed by atoms with Gasteiger partial charge in [-0.1, -0.05) is 30.4 Å². The van der Waals surface area contributed by atoms with E-state index >= 15 is 0 Å². The van der Waals surface area contributed by atoms with Gasteiger partial charge in [0.25, 0.3) is 0 Å². The Balaban J connectivity index is 2.29. The zero-order valence-corrected chi connectivity index (χ0v) is 9.33. The molecule has 0 spiro atoms. The SMILES string of the molecule is O=c1cc(C2=C[CH]C=C2)sc2ccccc12. The molecule has 2 heteroatoms. The monoisotopic (exact) mass is 225 g/mol. The average molecular weight is 225 g/mol. The molecule has 1 aromatic carbocycles. The molecule has 0 saturated carbocycles. The maximum Gasteiger partial charge on any atom is 0.188 e. The lowest BCUT2D eigenvalue weighted by Crippen LogP contribution is -1.99. The highest BCUT2D eigenvalue weighted by Crippen LogP contribution is 2.27. The molecule has 0 saturated heterocycles. The van der Waals surface area contributed by atoms with Crippen LogP contribution in [0.4, 0.5) is 0 Å². The van der Waals surface area contributed by atoms with Crippen LogP contribution in [-0.4, -0.2) is 0 Å². The summed E-state index contributed by atoms with van der Waals surface area (Å²) in [5.41, 5.74) is 1.22. The molecule has 1 aromatic heterocycles. The number of rotatable bonds is 1. The third-order valence-electron chi connectivity index (χ3n) is 2.58. The molecule has 0 amide bonds. The lowest BCUT2D eigenvalue weighted by Gasteiger charge is -2.01. The van der Waals surface area contributed by atoms with E-state index in [1.165, 1.54) is 0 Å². The second-order valence-electron chi connectivity index (χ2n) is 3.64. The van der Waals surface area contributed by atoms with Crippen molar-refractivity contribution in [2.75, 3.05) is 0 Å². The van der Waals surface area contributed by atoms with Crippen molar-refractivity contribution in [1.29, 1.82) is 0 Å². The number of benzene rings is 1. The number of hydrogen-bond donors (Lipinski definition) is 0. The standard InChI is InChI=1S/C14H9OS/c15-12-9-14(10-5-1-2-6-10)16-13-8-4-3-7-11(12)13/h1-9H. The molecule has 0 fully saturated rings. The minimum atomic E-state index is 0.102. The molecule has 1 aliphatic rings. The van der Waals surface area contributed by atoms with E-state index in [2.05, 4.69) is 0 Å². The average Bonchev–Trinajstić information content (AvgIpc) is 2.82. The Kier molecular flexibility index (Phi) is 2.22. The molecular formula is C14H9OS. The quantitative estimate of drug-likeness (QED) is 0.726. The van der Waals surface area contributed by atoms with E-state index in [9.17, 15) is 4.79 Å². The van der Waals surface area contributed by atoms with Crippen LogP contribution in [-0.2, 0) is 0 Å². The normalized spacial score (nSPS) is 14.4. The van der Waals surface area contributed by atoms with E-state index in [0.717, 1.165) is 20.5 Å². The van der Waals surface area contributed by atoms with Crippen molar-refractivity contribution in [3.63, 3.8) is 0 Å². The fraction of sp³-hybridized carbons (Fsp3) is 0. The van der Waals surface area contributed by atoms with Crippen LogP contribution in [0, 0.1) is 6.42 Å². The van der Waals surface area contributed by atoms with Crippen molar-refractivity contribution in [3.05, 3.63) is 70.1 Å². The fourth-order valence-corrected chi connectivity index (χ4v) is 2.87. The van der Waals surface area contributed by atoms with E-state index in [1.807, 2.05) is 48.9 Å². The summed E-state index contributed by atoms with van der Waals surface area (Å²) in [5.74, 6) is 0. The van der Waals surface area contributed by atoms with Gasteiger partial charge in [0.1, 0.15) is 0 Å². The van der Waals surface area contributed by atoms with Crippen LogP contribution < -0.4 is 5.43 Å². The summed E-state index contributed by atoms with van der Waals surface area (Å²) in [5, 5.41) is 0.808. The summed E-state index contributed by atoms with van der Waals surface area (Å²) in [6, 6.07) is 9.46. The Labute approximate surface area is 97.4 Å². The maximum atomic E-state index is 11.9. The van der Waals surface area contributed by atoms with Gasteiger partial charge in [-0.2, -0.15) is 0 Å².